The number of anilines is 1. The zero-order valence-corrected chi connectivity index (χ0v) is 17.5. The van der Waals surface area contributed by atoms with Gasteiger partial charge in [-0.25, -0.2) is 14.4 Å². The van der Waals surface area contributed by atoms with Crippen LogP contribution in [0, 0.1) is 17.6 Å². The third-order valence-electron chi connectivity index (χ3n) is 5.74. The number of methoxy groups -OCH3 is 1. The number of hydrogen-bond donors (Lipinski definition) is 2. The summed E-state index contributed by atoms with van der Waals surface area (Å²) in [5, 5.41) is 2.25. The molecule has 178 valence electrons. The van der Waals surface area contributed by atoms with Gasteiger partial charge in [0.25, 0.3) is 11.8 Å². The van der Waals surface area contributed by atoms with Crippen LogP contribution in [0.1, 0.15) is 35.8 Å². The lowest BCUT2D eigenvalue weighted by atomic mass is 9.77. The Labute approximate surface area is 184 Å². The molecule has 1 aromatic carbocycles. The number of carbonyl (C=O) groups excluding carboxylic acids is 2. The minimum Gasteiger partial charge on any atom is -0.493 e. The summed E-state index contributed by atoms with van der Waals surface area (Å²) in [6.07, 6.45) is -5.79. The van der Waals surface area contributed by atoms with Gasteiger partial charge in [0, 0.05) is 23.5 Å². The van der Waals surface area contributed by atoms with Gasteiger partial charge < -0.3 is 20.5 Å². The van der Waals surface area contributed by atoms with E-state index in [4.69, 9.17) is 15.2 Å². The summed E-state index contributed by atoms with van der Waals surface area (Å²) in [7, 11) is 1.02. The summed E-state index contributed by atoms with van der Waals surface area (Å²) >= 11 is 0. The first-order chi connectivity index (χ1) is 15.3. The van der Waals surface area contributed by atoms with Crippen LogP contribution in [0.3, 0.4) is 0 Å². The maximum Gasteiger partial charge on any atom is 0.417 e. The van der Waals surface area contributed by atoms with Crippen LogP contribution >= 0.6 is 0 Å². The Bertz CT molecular complexity index is 1100. The number of carbonyl (C=O) groups is 2. The van der Waals surface area contributed by atoms with Crippen molar-refractivity contribution in [3.63, 3.8) is 0 Å². The van der Waals surface area contributed by atoms with E-state index in [2.05, 4.69) is 15.3 Å². The molecule has 8 nitrogen and oxygen atoms in total. The van der Waals surface area contributed by atoms with Crippen molar-refractivity contribution in [2.75, 3.05) is 12.4 Å². The molecule has 0 bridgehead atoms. The van der Waals surface area contributed by atoms with Gasteiger partial charge in [-0.2, -0.15) is 17.6 Å². The van der Waals surface area contributed by atoms with Crippen molar-refractivity contribution >= 4 is 17.6 Å². The Hall–Kier alpha value is -3.35. The summed E-state index contributed by atoms with van der Waals surface area (Å²) in [6, 6.07) is 2.79. The number of primary amides is 1. The standard InChI is InChI=1S/C20H19F5N4O4/c1-8-13(9-4-5-10(21)14(22)15(9)32-3)16(33-19(8,2)20(23,24)25)18(31)29-12-6-11(17(26)30)27-7-28-12/h4-8,13,16H,1-3H3,(H2,26,30)(H,27,28,29,31)/t8-,13+,16-,19-/m0/s1. The number of alkyl halides is 3. The van der Waals surface area contributed by atoms with E-state index in [9.17, 15) is 31.5 Å². The van der Waals surface area contributed by atoms with Gasteiger partial charge in [0.2, 0.25) is 5.82 Å². The fourth-order valence-corrected chi connectivity index (χ4v) is 3.80. The van der Waals surface area contributed by atoms with Crippen LogP contribution in [0.25, 0.3) is 0 Å². The molecule has 4 atom stereocenters. The maximum absolute atomic E-state index is 14.3. The number of hydrogen-bond acceptors (Lipinski definition) is 6. The van der Waals surface area contributed by atoms with Crippen molar-refractivity contribution in [2.24, 2.45) is 11.7 Å². The van der Waals surface area contributed by atoms with Crippen molar-refractivity contribution in [1.82, 2.24) is 9.97 Å². The van der Waals surface area contributed by atoms with E-state index in [1.165, 1.54) is 6.92 Å². The molecule has 0 radical (unpaired) electrons. The molecule has 1 aliphatic rings. The molecule has 1 aromatic heterocycles. The van der Waals surface area contributed by atoms with Crippen molar-refractivity contribution in [2.45, 2.75) is 37.6 Å². The zero-order valence-electron chi connectivity index (χ0n) is 17.5. The Morgan fingerprint density at radius 3 is 2.48 bits per heavy atom. The van der Waals surface area contributed by atoms with Crippen molar-refractivity contribution in [3.05, 3.63) is 47.4 Å². The largest absolute Gasteiger partial charge is 0.493 e. The number of halogens is 5. The summed E-state index contributed by atoms with van der Waals surface area (Å²) in [5.74, 6) is -8.36. The molecular weight excluding hydrogens is 455 g/mol. The Balaban J connectivity index is 2.07. The topological polar surface area (TPSA) is 116 Å². The van der Waals surface area contributed by atoms with Crippen molar-refractivity contribution in [1.29, 1.82) is 0 Å². The minimum atomic E-state index is -4.90. The Morgan fingerprint density at radius 2 is 1.91 bits per heavy atom. The monoisotopic (exact) mass is 474 g/mol. The lowest BCUT2D eigenvalue weighted by Gasteiger charge is -2.32. The molecule has 0 spiro atoms. The number of aromatic nitrogens is 2. The van der Waals surface area contributed by atoms with Crippen LogP contribution in [0.4, 0.5) is 27.8 Å². The average Bonchev–Trinajstić information content (AvgIpc) is 3.02. The summed E-state index contributed by atoms with van der Waals surface area (Å²) in [4.78, 5) is 31.6. The number of ether oxygens (including phenoxy) is 2. The molecule has 0 saturated carbocycles. The quantitative estimate of drug-likeness (QED) is 0.644. The highest BCUT2D eigenvalue weighted by molar-refractivity contribution is 5.96. The first-order valence-corrected chi connectivity index (χ1v) is 9.51. The molecule has 2 aromatic rings. The number of benzene rings is 1. The molecule has 2 heterocycles. The van der Waals surface area contributed by atoms with Gasteiger partial charge in [0.05, 0.1) is 7.11 Å². The fraction of sp³-hybridized carbons (Fsp3) is 0.400. The first-order valence-electron chi connectivity index (χ1n) is 9.51. The van der Waals surface area contributed by atoms with Crippen molar-refractivity contribution in [3.8, 4) is 5.75 Å². The highest BCUT2D eigenvalue weighted by atomic mass is 19.4. The van der Waals surface area contributed by atoms with Gasteiger partial charge in [-0.3, -0.25) is 9.59 Å². The first kappa shape index (κ1) is 24.3. The maximum atomic E-state index is 14.3. The number of amides is 2. The fourth-order valence-electron chi connectivity index (χ4n) is 3.80. The third kappa shape index (κ3) is 4.19. The van der Waals surface area contributed by atoms with Crippen LogP contribution in [-0.2, 0) is 9.53 Å². The minimum absolute atomic E-state index is 0.183. The van der Waals surface area contributed by atoms with Gasteiger partial charge >= 0.3 is 6.18 Å². The van der Waals surface area contributed by atoms with Gasteiger partial charge in [0.1, 0.15) is 23.9 Å². The normalized spacial score (nSPS) is 25.0. The van der Waals surface area contributed by atoms with E-state index < -0.39 is 58.9 Å². The van der Waals surface area contributed by atoms with Gasteiger partial charge in [-0.05, 0) is 13.0 Å². The second kappa shape index (κ2) is 8.54. The summed E-state index contributed by atoms with van der Waals surface area (Å²) in [5.41, 5.74) is 1.88. The number of rotatable bonds is 5. The van der Waals surface area contributed by atoms with Crippen LogP contribution in [-0.4, -0.2) is 46.8 Å². The molecule has 1 saturated heterocycles. The highest BCUT2D eigenvalue weighted by Gasteiger charge is 2.65. The predicted octanol–water partition coefficient (Wildman–Crippen LogP) is 2.94. The van der Waals surface area contributed by atoms with E-state index in [0.717, 1.165) is 38.6 Å². The summed E-state index contributed by atoms with van der Waals surface area (Å²) in [6.45, 7) is 1.95. The lowest BCUT2D eigenvalue weighted by Crippen LogP contribution is -2.47. The van der Waals surface area contributed by atoms with Crippen LogP contribution in [0.5, 0.6) is 5.75 Å². The molecule has 1 aliphatic heterocycles. The smallest absolute Gasteiger partial charge is 0.417 e. The van der Waals surface area contributed by atoms with Crippen LogP contribution < -0.4 is 15.8 Å². The molecule has 0 unspecified atom stereocenters. The SMILES string of the molecule is COc1c([C@@H]2[C@@H](C(=O)Nc3cc(C(N)=O)ncn3)O[C@](C)(C(F)(F)F)[C@H]2C)ccc(F)c1F. The van der Waals surface area contributed by atoms with E-state index >= 15 is 0 Å². The van der Waals surface area contributed by atoms with Gasteiger partial charge in [-0.1, -0.05) is 13.0 Å². The molecule has 2 amide bonds. The average molecular weight is 474 g/mol. The second-order valence-electron chi connectivity index (χ2n) is 7.58. The van der Waals surface area contributed by atoms with E-state index in [0.29, 0.717) is 0 Å². The summed E-state index contributed by atoms with van der Waals surface area (Å²) < 4.78 is 80.0. The molecule has 33 heavy (non-hydrogen) atoms. The van der Waals surface area contributed by atoms with E-state index in [-0.39, 0.29) is 17.1 Å². The molecule has 1 fully saturated rings. The van der Waals surface area contributed by atoms with Gasteiger partial charge in [-0.15, -0.1) is 0 Å². The van der Waals surface area contributed by atoms with E-state index in [1.807, 2.05) is 0 Å². The molecule has 3 N–H and O–H groups in total. The zero-order chi connectivity index (χ0) is 24.7. The van der Waals surface area contributed by atoms with Crippen LogP contribution in [0.2, 0.25) is 0 Å². The Kier molecular flexibility index (Phi) is 6.29. The number of nitrogens with two attached hydrogens (primary N) is 1. The lowest BCUT2D eigenvalue weighted by molar-refractivity contribution is -0.272. The molecule has 0 aliphatic carbocycles. The third-order valence-corrected chi connectivity index (χ3v) is 5.74. The second-order valence-corrected chi connectivity index (χ2v) is 7.58. The number of nitrogens with one attached hydrogen (secondary N) is 1. The van der Waals surface area contributed by atoms with Crippen molar-refractivity contribution < 1.29 is 41.0 Å². The number of nitrogens with zero attached hydrogens (tertiary/aromatic N) is 2. The highest BCUT2D eigenvalue weighted by Crippen LogP contribution is 2.54. The predicted molar refractivity (Wildman–Crippen MR) is 103 cm³/mol. The molecule has 13 heteroatoms. The Morgan fingerprint density at radius 1 is 1.24 bits per heavy atom. The van der Waals surface area contributed by atoms with Gasteiger partial charge in [0.15, 0.2) is 17.2 Å². The molecular formula is C20H19F5N4O4. The van der Waals surface area contributed by atoms with E-state index in [1.54, 1.807) is 0 Å². The van der Waals surface area contributed by atoms with Crippen LogP contribution in [0.15, 0.2) is 24.5 Å². The molecule has 3 rings (SSSR count).